The fourth-order valence-corrected chi connectivity index (χ4v) is 2.57. The highest BCUT2D eigenvalue weighted by atomic mass is 15.2. The van der Waals surface area contributed by atoms with Gasteiger partial charge < -0.3 is 11.1 Å². The molecule has 0 fully saturated rings. The molecule has 0 bridgehead atoms. The fourth-order valence-electron chi connectivity index (χ4n) is 2.57. The molecular weight excluding hydrogens is 288 g/mol. The van der Waals surface area contributed by atoms with Crippen molar-refractivity contribution in [3.63, 3.8) is 0 Å². The number of aromatic amines is 1. The third-order valence-electron chi connectivity index (χ3n) is 3.68. The van der Waals surface area contributed by atoms with Crippen LogP contribution in [-0.2, 0) is 0 Å². The van der Waals surface area contributed by atoms with Gasteiger partial charge in [0.05, 0.1) is 11.6 Å². The van der Waals surface area contributed by atoms with E-state index in [4.69, 9.17) is 5.73 Å². The van der Waals surface area contributed by atoms with Gasteiger partial charge in [0.2, 0.25) is 0 Å². The van der Waals surface area contributed by atoms with Crippen LogP contribution in [0.4, 0.5) is 17.2 Å². The van der Waals surface area contributed by atoms with Gasteiger partial charge in [-0.3, -0.25) is 5.10 Å². The van der Waals surface area contributed by atoms with E-state index in [1.54, 1.807) is 6.20 Å². The highest BCUT2D eigenvalue weighted by molar-refractivity contribution is 5.92. The number of benzene rings is 2. The van der Waals surface area contributed by atoms with Crippen LogP contribution in [0.3, 0.4) is 0 Å². The summed E-state index contributed by atoms with van der Waals surface area (Å²) in [5.41, 5.74) is 10.4. The van der Waals surface area contributed by atoms with Gasteiger partial charge >= 0.3 is 0 Å². The first-order valence-corrected chi connectivity index (χ1v) is 7.19. The molecular formula is C17H14N6. The maximum Gasteiger partial charge on any atom is 0.180 e. The molecule has 4 aromatic rings. The number of nitrogens with one attached hydrogen (secondary N) is 2. The summed E-state index contributed by atoms with van der Waals surface area (Å²) < 4.78 is 0. The molecule has 0 spiro atoms. The molecule has 6 nitrogen and oxygen atoms in total. The average molecular weight is 302 g/mol. The maximum atomic E-state index is 6.12. The monoisotopic (exact) mass is 302 g/mol. The van der Waals surface area contributed by atoms with Crippen molar-refractivity contribution >= 4 is 28.2 Å². The number of hydrogen-bond donors (Lipinski definition) is 3. The lowest BCUT2D eigenvalue weighted by Crippen LogP contribution is -1.96. The molecule has 4 N–H and O–H groups in total. The standard InChI is InChI=1S/C17H14N6/c18-14-7-3-1-5-11(14)12-6-2-4-8-15(12)20-16-13-9-10-19-21-17(13)23-22-16/h1-10H,18H2,(H2,20,21,22,23). The molecule has 112 valence electrons. The van der Waals surface area contributed by atoms with Gasteiger partial charge in [-0.25, -0.2) is 0 Å². The lowest BCUT2D eigenvalue weighted by atomic mass is 10.0. The van der Waals surface area contributed by atoms with Crippen molar-refractivity contribution < 1.29 is 0 Å². The Morgan fingerprint density at radius 3 is 2.57 bits per heavy atom. The molecule has 0 aliphatic rings. The SMILES string of the molecule is Nc1ccccc1-c1ccccc1Nc1n[nH]c2nnccc12. The maximum absolute atomic E-state index is 6.12. The summed E-state index contributed by atoms with van der Waals surface area (Å²) in [5.74, 6) is 0.705. The second kappa shape index (κ2) is 5.42. The Morgan fingerprint density at radius 1 is 0.913 bits per heavy atom. The topological polar surface area (TPSA) is 92.5 Å². The van der Waals surface area contributed by atoms with Crippen LogP contribution in [-0.4, -0.2) is 20.4 Å². The Balaban J connectivity index is 1.80. The minimum atomic E-state index is 0.645. The van der Waals surface area contributed by atoms with Gasteiger partial charge in [0, 0.05) is 22.5 Å². The highest BCUT2D eigenvalue weighted by Gasteiger charge is 2.11. The average Bonchev–Trinajstić information content (AvgIpc) is 2.99. The summed E-state index contributed by atoms with van der Waals surface area (Å²) >= 11 is 0. The summed E-state index contributed by atoms with van der Waals surface area (Å²) in [4.78, 5) is 0. The first kappa shape index (κ1) is 13.3. The summed E-state index contributed by atoms with van der Waals surface area (Å²) in [6, 6.07) is 17.7. The molecule has 0 saturated carbocycles. The van der Waals surface area contributed by atoms with Crippen LogP contribution in [0.5, 0.6) is 0 Å². The Kier molecular flexibility index (Phi) is 3.12. The van der Waals surface area contributed by atoms with Crippen molar-refractivity contribution in [3.8, 4) is 11.1 Å². The Bertz CT molecular complexity index is 975. The van der Waals surface area contributed by atoms with Gasteiger partial charge in [-0.2, -0.15) is 10.2 Å². The molecule has 0 radical (unpaired) electrons. The summed E-state index contributed by atoms with van der Waals surface area (Å²) in [7, 11) is 0. The van der Waals surface area contributed by atoms with E-state index < -0.39 is 0 Å². The Morgan fingerprint density at radius 2 is 1.70 bits per heavy atom. The zero-order valence-electron chi connectivity index (χ0n) is 12.2. The number of anilines is 3. The van der Waals surface area contributed by atoms with Crippen LogP contribution in [0.25, 0.3) is 22.2 Å². The van der Waals surface area contributed by atoms with E-state index in [1.807, 2.05) is 54.6 Å². The van der Waals surface area contributed by atoms with Gasteiger partial charge in [0.15, 0.2) is 11.5 Å². The van der Waals surface area contributed by atoms with Crippen molar-refractivity contribution in [2.75, 3.05) is 11.1 Å². The number of H-pyrrole nitrogens is 1. The second-order valence-electron chi connectivity index (χ2n) is 5.12. The van der Waals surface area contributed by atoms with E-state index in [1.165, 1.54) is 0 Å². The molecule has 6 heteroatoms. The third-order valence-corrected chi connectivity index (χ3v) is 3.68. The molecule has 0 unspecified atom stereocenters. The zero-order valence-corrected chi connectivity index (χ0v) is 12.2. The number of fused-ring (bicyclic) bond motifs is 1. The quantitative estimate of drug-likeness (QED) is 0.505. The van der Waals surface area contributed by atoms with Crippen LogP contribution in [0, 0.1) is 0 Å². The van der Waals surface area contributed by atoms with E-state index in [0.717, 1.165) is 27.9 Å². The summed E-state index contributed by atoms with van der Waals surface area (Å²) in [6.45, 7) is 0. The first-order valence-electron chi connectivity index (χ1n) is 7.19. The molecule has 0 saturated heterocycles. The van der Waals surface area contributed by atoms with E-state index in [9.17, 15) is 0 Å². The van der Waals surface area contributed by atoms with E-state index >= 15 is 0 Å². The van der Waals surface area contributed by atoms with Crippen molar-refractivity contribution in [3.05, 3.63) is 60.8 Å². The molecule has 0 atom stereocenters. The molecule has 23 heavy (non-hydrogen) atoms. The summed E-state index contributed by atoms with van der Waals surface area (Å²) in [6.07, 6.45) is 1.64. The number of nitrogens with zero attached hydrogens (tertiary/aromatic N) is 3. The van der Waals surface area contributed by atoms with Crippen LogP contribution in [0.15, 0.2) is 60.8 Å². The van der Waals surface area contributed by atoms with Crippen LogP contribution < -0.4 is 11.1 Å². The predicted octanol–water partition coefficient (Wildman–Crippen LogP) is 3.35. The molecule has 2 aromatic heterocycles. The molecule has 4 rings (SSSR count). The zero-order chi connectivity index (χ0) is 15.6. The lowest BCUT2D eigenvalue weighted by Gasteiger charge is -2.12. The van der Waals surface area contributed by atoms with Gasteiger partial charge in [-0.05, 0) is 18.2 Å². The minimum absolute atomic E-state index is 0.645. The number of nitrogens with two attached hydrogens (primary N) is 1. The van der Waals surface area contributed by atoms with E-state index in [0.29, 0.717) is 11.5 Å². The summed E-state index contributed by atoms with van der Waals surface area (Å²) in [5, 5.41) is 19.2. The van der Waals surface area contributed by atoms with Gasteiger partial charge in [-0.1, -0.05) is 36.4 Å². The predicted molar refractivity (Wildman–Crippen MR) is 91.3 cm³/mol. The van der Waals surface area contributed by atoms with Crippen LogP contribution in [0.1, 0.15) is 0 Å². The number of hydrogen-bond acceptors (Lipinski definition) is 5. The molecule has 0 aliphatic heterocycles. The molecule has 0 amide bonds. The van der Waals surface area contributed by atoms with Crippen molar-refractivity contribution in [1.82, 2.24) is 20.4 Å². The fraction of sp³-hybridized carbons (Fsp3) is 0. The normalized spacial score (nSPS) is 10.8. The van der Waals surface area contributed by atoms with Gasteiger partial charge in [0.25, 0.3) is 0 Å². The van der Waals surface area contributed by atoms with Crippen LogP contribution >= 0.6 is 0 Å². The molecule has 2 aromatic carbocycles. The first-order chi connectivity index (χ1) is 11.3. The smallest absolute Gasteiger partial charge is 0.180 e. The lowest BCUT2D eigenvalue weighted by molar-refractivity contribution is 1.02. The van der Waals surface area contributed by atoms with E-state index in [2.05, 4.69) is 25.7 Å². The number of nitrogen functional groups attached to an aromatic ring is 1. The molecule has 2 heterocycles. The number of para-hydroxylation sites is 2. The number of rotatable bonds is 3. The van der Waals surface area contributed by atoms with Gasteiger partial charge in [-0.15, -0.1) is 5.10 Å². The van der Waals surface area contributed by atoms with Crippen molar-refractivity contribution in [1.29, 1.82) is 0 Å². The number of aromatic nitrogens is 4. The largest absolute Gasteiger partial charge is 0.398 e. The minimum Gasteiger partial charge on any atom is -0.398 e. The third kappa shape index (κ3) is 2.36. The highest BCUT2D eigenvalue weighted by Crippen LogP contribution is 2.34. The second-order valence-corrected chi connectivity index (χ2v) is 5.12. The van der Waals surface area contributed by atoms with E-state index in [-0.39, 0.29) is 0 Å². The van der Waals surface area contributed by atoms with Crippen molar-refractivity contribution in [2.45, 2.75) is 0 Å². The van der Waals surface area contributed by atoms with Crippen LogP contribution in [0.2, 0.25) is 0 Å². The molecule has 0 aliphatic carbocycles. The van der Waals surface area contributed by atoms with Gasteiger partial charge in [0.1, 0.15) is 0 Å². The Hall–Kier alpha value is -3.41. The van der Waals surface area contributed by atoms with Crippen molar-refractivity contribution in [2.24, 2.45) is 0 Å². The Labute approximate surface area is 132 Å².